The number of methoxy groups -OCH3 is 2. The van der Waals surface area contributed by atoms with Gasteiger partial charge in [0.1, 0.15) is 17.2 Å². The molecule has 4 aromatic carbocycles. The minimum absolute atomic E-state index is 0. The molecule has 0 amide bonds. The van der Waals surface area contributed by atoms with Crippen molar-refractivity contribution < 1.29 is 23.7 Å². The van der Waals surface area contributed by atoms with Gasteiger partial charge in [0.2, 0.25) is 0 Å². The van der Waals surface area contributed by atoms with Gasteiger partial charge in [0, 0.05) is 55.3 Å². The number of halogens is 2. The number of hydrogen-bond donors (Lipinski definition) is 1. The summed E-state index contributed by atoms with van der Waals surface area (Å²) >= 11 is 0. The van der Waals surface area contributed by atoms with Crippen LogP contribution in [0.2, 0.25) is 0 Å². The number of nitrogens with zero attached hydrogens (tertiary/aromatic N) is 2. The van der Waals surface area contributed by atoms with Crippen LogP contribution in [-0.4, -0.2) is 56.2 Å². The normalized spacial score (nSPS) is 17.2. The molecule has 2 heterocycles. The van der Waals surface area contributed by atoms with Gasteiger partial charge in [0.05, 0.1) is 53.1 Å². The van der Waals surface area contributed by atoms with Gasteiger partial charge in [-0.25, -0.2) is 4.98 Å². The number of fused-ring (bicyclic) bond motifs is 1. The third-order valence-corrected chi connectivity index (χ3v) is 8.65. The fourth-order valence-corrected chi connectivity index (χ4v) is 6.39. The fraction of sp³-hybridized carbons (Fsp3) is 0.342. The molecule has 1 aliphatic heterocycles. The lowest BCUT2D eigenvalue weighted by atomic mass is 9.79. The zero-order valence-electron chi connectivity index (χ0n) is 27.5. The van der Waals surface area contributed by atoms with E-state index in [1.165, 1.54) is 5.56 Å². The average Bonchev–Trinajstić information content (AvgIpc) is 3.62. The number of imidazole rings is 1. The van der Waals surface area contributed by atoms with Gasteiger partial charge in [-0.1, -0.05) is 54.6 Å². The summed E-state index contributed by atoms with van der Waals surface area (Å²) in [6, 6.07) is 29.1. The van der Waals surface area contributed by atoms with Crippen LogP contribution in [0.4, 0.5) is 0 Å². The first kappa shape index (κ1) is 37.0. The molecule has 0 unspecified atom stereocenters. The molecule has 0 spiro atoms. The molecule has 1 aliphatic rings. The van der Waals surface area contributed by atoms with Gasteiger partial charge in [0.25, 0.3) is 0 Å². The van der Waals surface area contributed by atoms with Crippen molar-refractivity contribution in [2.45, 2.75) is 38.2 Å². The third kappa shape index (κ3) is 9.43. The number of benzene rings is 4. The molecule has 0 aliphatic carbocycles. The van der Waals surface area contributed by atoms with E-state index in [1.807, 2.05) is 49.1 Å². The zero-order valence-corrected chi connectivity index (χ0v) is 29.1. The largest absolute Gasteiger partial charge is 0.496 e. The van der Waals surface area contributed by atoms with E-state index >= 15 is 0 Å². The molecule has 0 saturated carbocycles. The molecule has 1 fully saturated rings. The summed E-state index contributed by atoms with van der Waals surface area (Å²) < 4.78 is 31.9. The highest BCUT2D eigenvalue weighted by atomic mass is 35.5. The van der Waals surface area contributed by atoms with E-state index in [2.05, 4.69) is 69.5 Å². The van der Waals surface area contributed by atoms with E-state index in [0.717, 1.165) is 65.2 Å². The van der Waals surface area contributed by atoms with Gasteiger partial charge in [-0.05, 0) is 52.8 Å². The molecule has 0 radical (unpaired) electrons. The van der Waals surface area contributed by atoms with Crippen molar-refractivity contribution >= 4 is 35.6 Å². The van der Waals surface area contributed by atoms with Gasteiger partial charge in [-0.3, -0.25) is 0 Å². The van der Waals surface area contributed by atoms with Crippen LogP contribution in [0.1, 0.15) is 29.0 Å². The SMILES string of the molecule is COc1ccccc1COCCCOc1ccc([C@H]2[C@H](Cn3ccnc3)CNC[C@@H]2OCc2cc(OC)c3ccccc3c2)cc1.Cl.Cl. The average molecular weight is 695 g/mol. The first-order chi connectivity index (χ1) is 22.7. The van der Waals surface area contributed by atoms with Crippen molar-refractivity contribution in [3.05, 3.63) is 120 Å². The molecule has 3 atom stereocenters. The highest BCUT2D eigenvalue weighted by Gasteiger charge is 2.35. The Bertz CT molecular complexity index is 1670. The van der Waals surface area contributed by atoms with Crippen LogP contribution in [0, 0.1) is 5.92 Å². The van der Waals surface area contributed by atoms with Crippen molar-refractivity contribution in [1.82, 2.24) is 14.9 Å². The van der Waals surface area contributed by atoms with Crippen LogP contribution in [-0.2, 0) is 29.2 Å². The van der Waals surface area contributed by atoms with Gasteiger partial charge in [-0.15, -0.1) is 24.8 Å². The second-order valence-electron chi connectivity index (χ2n) is 11.7. The van der Waals surface area contributed by atoms with Crippen molar-refractivity contribution in [2.75, 3.05) is 40.5 Å². The van der Waals surface area contributed by atoms with Crippen LogP contribution in [0.15, 0.2) is 104 Å². The maximum atomic E-state index is 6.72. The number of para-hydroxylation sites is 1. The molecule has 6 rings (SSSR count). The topological polar surface area (TPSA) is 76.0 Å². The Morgan fingerprint density at radius 2 is 1.62 bits per heavy atom. The summed E-state index contributed by atoms with van der Waals surface area (Å²) in [5.41, 5.74) is 3.40. The van der Waals surface area contributed by atoms with E-state index in [1.54, 1.807) is 14.2 Å². The first-order valence-corrected chi connectivity index (χ1v) is 16.0. The number of ether oxygens (including phenoxy) is 5. The molecule has 0 bridgehead atoms. The molecular weight excluding hydrogens is 649 g/mol. The smallest absolute Gasteiger partial charge is 0.127 e. The summed E-state index contributed by atoms with van der Waals surface area (Å²) in [5, 5.41) is 5.89. The first-order valence-electron chi connectivity index (χ1n) is 16.0. The molecule has 48 heavy (non-hydrogen) atoms. The van der Waals surface area contributed by atoms with E-state index in [-0.39, 0.29) is 36.8 Å². The summed E-state index contributed by atoms with van der Waals surface area (Å²) in [5.74, 6) is 3.09. The Morgan fingerprint density at radius 1 is 0.833 bits per heavy atom. The summed E-state index contributed by atoms with van der Waals surface area (Å²) in [6.07, 6.45) is 6.54. The highest BCUT2D eigenvalue weighted by Crippen LogP contribution is 2.36. The Balaban J connectivity index is 0.00000260. The summed E-state index contributed by atoms with van der Waals surface area (Å²) in [6.45, 7) is 4.76. The Labute approximate surface area is 295 Å². The minimum atomic E-state index is -0.00751. The number of nitrogens with one attached hydrogen (secondary N) is 1. The van der Waals surface area contributed by atoms with E-state index in [0.29, 0.717) is 32.3 Å². The van der Waals surface area contributed by atoms with Crippen molar-refractivity contribution in [2.24, 2.45) is 5.92 Å². The monoisotopic (exact) mass is 693 g/mol. The predicted molar refractivity (Wildman–Crippen MR) is 194 cm³/mol. The van der Waals surface area contributed by atoms with Crippen molar-refractivity contribution in [3.8, 4) is 17.2 Å². The van der Waals surface area contributed by atoms with Gasteiger partial charge < -0.3 is 33.6 Å². The molecule has 256 valence electrons. The van der Waals surface area contributed by atoms with E-state index in [4.69, 9.17) is 23.7 Å². The maximum Gasteiger partial charge on any atom is 0.127 e. The number of piperidine rings is 1. The van der Waals surface area contributed by atoms with Crippen LogP contribution < -0.4 is 19.5 Å². The van der Waals surface area contributed by atoms with Crippen LogP contribution in [0.25, 0.3) is 10.8 Å². The lowest BCUT2D eigenvalue weighted by molar-refractivity contribution is -0.00860. The minimum Gasteiger partial charge on any atom is -0.496 e. The molecular formula is C38H45Cl2N3O5. The molecule has 10 heteroatoms. The number of rotatable bonds is 15. The van der Waals surface area contributed by atoms with Crippen molar-refractivity contribution in [3.63, 3.8) is 0 Å². The maximum absolute atomic E-state index is 6.72. The molecule has 8 nitrogen and oxygen atoms in total. The van der Waals surface area contributed by atoms with Gasteiger partial charge in [-0.2, -0.15) is 0 Å². The quantitative estimate of drug-likeness (QED) is 0.114. The lowest BCUT2D eigenvalue weighted by Gasteiger charge is -2.39. The number of hydrogen-bond acceptors (Lipinski definition) is 7. The molecule has 1 aromatic heterocycles. The second kappa shape index (κ2) is 18.7. The molecule has 1 N–H and O–H groups in total. The molecule has 1 saturated heterocycles. The van der Waals surface area contributed by atoms with E-state index in [9.17, 15) is 0 Å². The Hall–Kier alpha value is -3.79. The Morgan fingerprint density at radius 3 is 2.42 bits per heavy atom. The van der Waals surface area contributed by atoms with Gasteiger partial charge >= 0.3 is 0 Å². The van der Waals surface area contributed by atoms with Crippen LogP contribution >= 0.6 is 24.8 Å². The predicted octanol–water partition coefficient (Wildman–Crippen LogP) is 7.47. The molecule has 5 aromatic rings. The summed E-state index contributed by atoms with van der Waals surface area (Å²) in [4.78, 5) is 4.27. The lowest BCUT2D eigenvalue weighted by Crippen LogP contribution is -2.48. The zero-order chi connectivity index (χ0) is 31.6. The van der Waals surface area contributed by atoms with Crippen LogP contribution in [0.5, 0.6) is 17.2 Å². The standard InChI is InChI=1S/C38H43N3O5.2ClH/c1-42-35-11-6-4-9-31(35)26-44-18-7-19-45-33-14-12-29(13-15-33)38-32(24-41-17-16-39-27-41)22-40-23-37(38)46-25-28-20-30-8-3-5-10-34(30)36(21-28)43-2;;/h3-6,8-17,20-21,27,32,37-38,40H,7,18-19,22-26H2,1-2H3;2*1H/t32-,37-,38-;;/m0../s1. The summed E-state index contributed by atoms with van der Waals surface area (Å²) in [7, 11) is 3.40. The fourth-order valence-electron chi connectivity index (χ4n) is 6.39. The number of aromatic nitrogens is 2. The van der Waals surface area contributed by atoms with Crippen LogP contribution in [0.3, 0.4) is 0 Å². The Kier molecular flexibility index (Phi) is 14.4. The second-order valence-corrected chi connectivity index (χ2v) is 11.7. The highest BCUT2D eigenvalue weighted by molar-refractivity contribution is 5.89. The third-order valence-electron chi connectivity index (χ3n) is 8.65. The van der Waals surface area contributed by atoms with Gasteiger partial charge in [0.15, 0.2) is 0 Å². The van der Waals surface area contributed by atoms with Crippen molar-refractivity contribution in [1.29, 1.82) is 0 Å². The van der Waals surface area contributed by atoms with E-state index < -0.39 is 0 Å².